The standard InChI is InChI=1S/C23H35F/c1-16-4-10-20(11-5-16)21-13-7-19(8-14-21)9-15-22-12-6-17(2)18(3)23(22)24/h6,12,16,19-21H,4-5,7-11,13-15H2,1-3H3. The van der Waals surface area contributed by atoms with Gasteiger partial charge in [0, 0.05) is 0 Å². The predicted octanol–water partition coefficient (Wildman–Crippen LogP) is 7.01. The van der Waals surface area contributed by atoms with Crippen molar-refractivity contribution in [1.29, 1.82) is 0 Å². The molecule has 0 spiro atoms. The smallest absolute Gasteiger partial charge is 0.129 e. The molecule has 0 heterocycles. The van der Waals surface area contributed by atoms with Gasteiger partial charge < -0.3 is 0 Å². The minimum atomic E-state index is 0.0417. The Morgan fingerprint density at radius 1 is 0.875 bits per heavy atom. The van der Waals surface area contributed by atoms with Crippen LogP contribution in [0.15, 0.2) is 12.1 Å². The number of hydrogen-bond donors (Lipinski definition) is 0. The van der Waals surface area contributed by atoms with Crippen molar-refractivity contribution >= 4 is 0 Å². The summed E-state index contributed by atoms with van der Waals surface area (Å²) in [5.41, 5.74) is 2.84. The molecule has 3 rings (SSSR count). The van der Waals surface area contributed by atoms with Crippen molar-refractivity contribution in [2.75, 3.05) is 0 Å². The Morgan fingerprint density at radius 2 is 1.46 bits per heavy atom. The number of rotatable bonds is 4. The number of hydrogen-bond acceptors (Lipinski definition) is 0. The van der Waals surface area contributed by atoms with E-state index in [2.05, 4.69) is 13.0 Å². The van der Waals surface area contributed by atoms with Crippen molar-refractivity contribution in [3.05, 3.63) is 34.6 Å². The van der Waals surface area contributed by atoms with Crippen molar-refractivity contribution in [2.24, 2.45) is 23.7 Å². The average Bonchev–Trinajstić information content (AvgIpc) is 2.60. The van der Waals surface area contributed by atoms with E-state index in [1.165, 1.54) is 57.8 Å². The van der Waals surface area contributed by atoms with Gasteiger partial charge in [-0.05, 0) is 92.7 Å². The van der Waals surface area contributed by atoms with Gasteiger partial charge in [0.25, 0.3) is 0 Å². The van der Waals surface area contributed by atoms with Crippen molar-refractivity contribution < 1.29 is 4.39 Å². The molecule has 0 amide bonds. The molecule has 1 aromatic carbocycles. The van der Waals surface area contributed by atoms with Gasteiger partial charge in [-0.25, -0.2) is 4.39 Å². The van der Waals surface area contributed by atoms with Gasteiger partial charge in [-0.15, -0.1) is 0 Å². The number of benzene rings is 1. The Hall–Kier alpha value is -0.850. The lowest BCUT2D eigenvalue weighted by Gasteiger charge is -2.37. The van der Waals surface area contributed by atoms with Crippen LogP contribution in [0.4, 0.5) is 4.39 Å². The summed E-state index contributed by atoms with van der Waals surface area (Å²) in [4.78, 5) is 0. The molecule has 1 aromatic rings. The van der Waals surface area contributed by atoms with Gasteiger partial charge in [-0.1, -0.05) is 44.7 Å². The zero-order valence-corrected chi connectivity index (χ0v) is 15.9. The Labute approximate surface area is 148 Å². The van der Waals surface area contributed by atoms with Crippen LogP contribution in [0.3, 0.4) is 0 Å². The van der Waals surface area contributed by atoms with Crippen LogP contribution in [-0.2, 0) is 6.42 Å². The van der Waals surface area contributed by atoms with E-state index in [-0.39, 0.29) is 5.82 Å². The van der Waals surface area contributed by atoms with Crippen LogP contribution in [0.1, 0.15) is 81.4 Å². The maximum absolute atomic E-state index is 14.4. The topological polar surface area (TPSA) is 0 Å². The molecule has 0 aromatic heterocycles. The molecule has 2 aliphatic rings. The molecule has 1 heteroatoms. The molecule has 0 unspecified atom stereocenters. The van der Waals surface area contributed by atoms with Crippen LogP contribution in [0.25, 0.3) is 0 Å². The van der Waals surface area contributed by atoms with E-state index in [1.54, 1.807) is 0 Å². The second-order valence-corrected chi connectivity index (χ2v) is 8.82. The normalized spacial score (nSPS) is 31.2. The van der Waals surface area contributed by atoms with E-state index in [0.29, 0.717) is 0 Å². The third kappa shape index (κ3) is 4.21. The Balaban J connectivity index is 1.45. The van der Waals surface area contributed by atoms with E-state index in [4.69, 9.17) is 0 Å². The summed E-state index contributed by atoms with van der Waals surface area (Å²) >= 11 is 0. The molecular weight excluding hydrogens is 295 g/mol. The van der Waals surface area contributed by atoms with Gasteiger partial charge in [-0.3, -0.25) is 0 Å². The molecule has 0 N–H and O–H groups in total. The highest BCUT2D eigenvalue weighted by Crippen LogP contribution is 2.42. The SMILES string of the molecule is Cc1ccc(CCC2CCC(C3CCC(C)CC3)CC2)c(F)c1C. The van der Waals surface area contributed by atoms with Gasteiger partial charge in [0.05, 0.1) is 0 Å². The maximum atomic E-state index is 14.4. The number of aryl methyl sites for hydroxylation is 2. The summed E-state index contributed by atoms with van der Waals surface area (Å²) in [7, 11) is 0. The summed E-state index contributed by atoms with van der Waals surface area (Å²) < 4.78 is 14.4. The zero-order chi connectivity index (χ0) is 17.1. The highest BCUT2D eigenvalue weighted by atomic mass is 19.1. The first-order valence-electron chi connectivity index (χ1n) is 10.3. The lowest BCUT2D eigenvalue weighted by atomic mass is 9.69. The molecule has 0 radical (unpaired) electrons. The van der Waals surface area contributed by atoms with Crippen LogP contribution < -0.4 is 0 Å². The first kappa shape index (κ1) is 18.0. The fraction of sp³-hybridized carbons (Fsp3) is 0.739. The number of halogens is 1. The van der Waals surface area contributed by atoms with Crippen molar-refractivity contribution in [3.8, 4) is 0 Å². The van der Waals surface area contributed by atoms with E-state index in [9.17, 15) is 4.39 Å². The fourth-order valence-corrected chi connectivity index (χ4v) is 5.10. The third-order valence-electron chi connectivity index (χ3n) is 7.18. The Kier molecular flexibility index (Phi) is 6.00. The summed E-state index contributed by atoms with van der Waals surface area (Å²) in [5, 5.41) is 0. The van der Waals surface area contributed by atoms with Crippen LogP contribution in [0, 0.1) is 43.3 Å². The molecule has 134 valence electrons. The van der Waals surface area contributed by atoms with Crippen molar-refractivity contribution in [3.63, 3.8) is 0 Å². The van der Waals surface area contributed by atoms with Crippen LogP contribution >= 0.6 is 0 Å². The molecule has 24 heavy (non-hydrogen) atoms. The molecular formula is C23H35F. The molecule has 0 nitrogen and oxygen atoms in total. The monoisotopic (exact) mass is 330 g/mol. The summed E-state index contributed by atoms with van der Waals surface area (Å²) in [5.74, 6) is 3.83. The summed E-state index contributed by atoms with van der Waals surface area (Å²) in [6.45, 7) is 6.32. The largest absolute Gasteiger partial charge is 0.206 e. The summed E-state index contributed by atoms with van der Waals surface area (Å²) in [6.07, 6.45) is 13.6. The second kappa shape index (κ2) is 8.02. The summed E-state index contributed by atoms with van der Waals surface area (Å²) in [6, 6.07) is 4.08. The van der Waals surface area contributed by atoms with Crippen LogP contribution in [0.5, 0.6) is 0 Å². The molecule has 0 aliphatic heterocycles. The van der Waals surface area contributed by atoms with Crippen LogP contribution in [0.2, 0.25) is 0 Å². The average molecular weight is 331 g/mol. The molecule has 2 aliphatic carbocycles. The predicted molar refractivity (Wildman–Crippen MR) is 101 cm³/mol. The van der Waals surface area contributed by atoms with Crippen molar-refractivity contribution in [1.82, 2.24) is 0 Å². The van der Waals surface area contributed by atoms with E-state index >= 15 is 0 Å². The van der Waals surface area contributed by atoms with Gasteiger partial charge in [0.1, 0.15) is 5.82 Å². The van der Waals surface area contributed by atoms with Gasteiger partial charge in [0.2, 0.25) is 0 Å². The van der Waals surface area contributed by atoms with Crippen LogP contribution in [-0.4, -0.2) is 0 Å². The third-order valence-corrected chi connectivity index (χ3v) is 7.18. The first-order chi connectivity index (χ1) is 11.5. The zero-order valence-electron chi connectivity index (χ0n) is 15.9. The van der Waals surface area contributed by atoms with E-state index in [0.717, 1.165) is 46.8 Å². The second-order valence-electron chi connectivity index (χ2n) is 8.82. The highest BCUT2D eigenvalue weighted by Gasteiger charge is 2.29. The van der Waals surface area contributed by atoms with Gasteiger partial charge >= 0.3 is 0 Å². The molecule has 2 fully saturated rings. The molecule has 0 atom stereocenters. The van der Waals surface area contributed by atoms with Gasteiger partial charge in [-0.2, -0.15) is 0 Å². The maximum Gasteiger partial charge on any atom is 0.129 e. The lowest BCUT2D eigenvalue weighted by Crippen LogP contribution is -2.25. The molecule has 0 bridgehead atoms. The van der Waals surface area contributed by atoms with E-state index < -0.39 is 0 Å². The Bertz CT molecular complexity index is 531. The minimum absolute atomic E-state index is 0.0417. The van der Waals surface area contributed by atoms with Crippen molar-refractivity contribution in [2.45, 2.75) is 85.0 Å². The molecule has 0 saturated heterocycles. The Morgan fingerprint density at radius 3 is 2.08 bits per heavy atom. The quantitative estimate of drug-likeness (QED) is 0.557. The van der Waals surface area contributed by atoms with E-state index in [1.807, 2.05) is 19.9 Å². The molecule has 2 saturated carbocycles. The highest BCUT2D eigenvalue weighted by molar-refractivity contribution is 5.32. The first-order valence-corrected chi connectivity index (χ1v) is 10.3. The van der Waals surface area contributed by atoms with Gasteiger partial charge in [0.15, 0.2) is 0 Å². The minimum Gasteiger partial charge on any atom is -0.206 e. The fourth-order valence-electron chi connectivity index (χ4n) is 5.10. The lowest BCUT2D eigenvalue weighted by molar-refractivity contribution is 0.147.